The number of aliphatic hydroxyl groups is 2. The Kier molecular flexibility index (Phi) is 4.50. The molecule has 0 amide bonds. The molecule has 0 saturated heterocycles. The van der Waals surface area contributed by atoms with E-state index in [1.54, 1.807) is 42.6 Å². The van der Waals surface area contributed by atoms with Crippen LogP contribution in [0.3, 0.4) is 0 Å². The number of carbonyl (C=O) groups excluding carboxylic acids is 1. The fourth-order valence-electron chi connectivity index (χ4n) is 2.33. The van der Waals surface area contributed by atoms with Gasteiger partial charge in [-0.05, 0) is 35.9 Å². The summed E-state index contributed by atoms with van der Waals surface area (Å²) in [5.41, 5.74) is 1.86. The van der Waals surface area contributed by atoms with Crippen molar-refractivity contribution >= 4 is 5.78 Å². The van der Waals surface area contributed by atoms with E-state index >= 15 is 0 Å². The highest BCUT2D eigenvalue weighted by Crippen LogP contribution is 2.17. The summed E-state index contributed by atoms with van der Waals surface area (Å²) < 4.78 is 14.5. The number of benzene rings is 2. The molecule has 1 atom stereocenters. The summed E-state index contributed by atoms with van der Waals surface area (Å²) in [5.74, 6) is -0.600. The van der Waals surface area contributed by atoms with Crippen molar-refractivity contribution in [3.05, 3.63) is 83.4 Å². The minimum Gasteiger partial charge on any atom is -0.393 e. The van der Waals surface area contributed by atoms with Crippen LogP contribution in [0.5, 0.6) is 0 Å². The SMILES string of the molecule is O=C(c1cccc(C(O)CO)c1)c1cnn(-c2ccc(F)cc2)c1. The number of nitrogens with zero attached hydrogens (tertiary/aromatic N) is 2. The highest BCUT2D eigenvalue weighted by Gasteiger charge is 2.14. The van der Waals surface area contributed by atoms with Crippen molar-refractivity contribution in [3.8, 4) is 5.69 Å². The molecule has 0 aliphatic heterocycles. The molecule has 6 heteroatoms. The van der Waals surface area contributed by atoms with E-state index in [1.165, 1.54) is 23.0 Å². The maximum absolute atomic E-state index is 13.0. The Morgan fingerprint density at radius 2 is 1.92 bits per heavy atom. The lowest BCUT2D eigenvalue weighted by atomic mass is 10.0. The summed E-state index contributed by atoms with van der Waals surface area (Å²) in [6.45, 7) is -0.417. The van der Waals surface area contributed by atoms with Crippen LogP contribution in [0.25, 0.3) is 5.69 Å². The van der Waals surface area contributed by atoms with Crippen LogP contribution in [0.15, 0.2) is 60.9 Å². The normalized spacial score (nSPS) is 12.1. The average Bonchev–Trinajstić information content (AvgIpc) is 3.11. The molecule has 0 spiro atoms. The van der Waals surface area contributed by atoms with Gasteiger partial charge in [0.15, 0.2) is 5.78 Å². The molecule has 0 aliphatic rings. The summed E-state index contributed by atoms with van der Waals surface area (Å²) in [4.78, 5) is 12.6. The second-order valence-corrected chi connectivity index (χ2v) is 5.30. The molecule has 1 aromatic heterocycles. The van der Waals surface area contributed by atoms with Gasteiger partial charge in [-0.3, -0.25) is 4.79 Å². The van der Waals surface area contributed by atoms with Crippen LogP contribution in [0.2, 0.25) is 0 Å². The van der Waals surface area contributed by atoms with Crippen LogP contribution in [-0.2, 0) is 0 Å². The third kappa shape index (κ3) is 3.24. The molecule has 2 aromatic carbocycles. The highest BCUT2D eigenvalue weighted by molar-refractivity contribution is 6.08. The molecule has 0 aliphatic carbocycles. The van der Waals surface area contributed by atoms with Gasteiger partial charge in [0.2, 0.25) is 0 Å². The van der Waals surface area contributed by atoms with Crippen LogP contribution in [0.4, 0.5) is 4.39 Å². The quantitative estimate of drug-likeness (QED) is 0.705. The van der Waals surface area contributed by atoms with Gasteiger partial charge in [-0.25, -0.2) is 9.07 Å². The minimum atomic E-state index is -1.03. The molecule has 24 heavy (non-hydrogen) atoms. The van der Waals surface area contributed by atoms with Crippen molar-refractivity contribution in [1.82, 2.24) is 9.78 Å². The molecule has 0 saturated carbocycles. The van der Waals surface area contributed by atoms with Crippen LogP contribution < -0.4 is 0 Å². The Balaban J connectivity index is 1.87. The number of aliphatic hydroxyl groups excluding tert-OH is 2. The van der Waals surface area contributed by atoms with Gasteiger partial charge in [0.05, 0.1) is 24.1 Å². The lowest BCUT2D eigenvalue weighted by Gasteiger charge is -2.08. The Hall–Kier alpha value is -2.83. The number of aromatic nitrogens is 2. The topological polar surface area (TPSA) is 75.3 Å². The van der Waals surface area contributed by atoms with E-state index in [0.29, 0.717) is 22.4 Å². The maximum atomic E-state index is 13.0. The third-order valence-corrected chi connectivity index (χ3v) is 3.64. The summed E-state index contributed by atoms with van der Waals surface area (Å²) >= 11 is 0. The highest BCUT2D eigenvalue weighted by atomic mass is 19.1. The first-order valence-electron chi connectivity index (χ1n) is 7.32. The van der Waals surface area contributed by atoms with Crippen molar-refractivity contribution < 1.29 is 19.4 Å². The number of halogens is 1. The molecule has 5 nitrogen and oxygen atoms in total. The van der Waals surface area contributed by atoms with Crippen molar-refractivity contribution in [2.45, 2.75) is 6.10 Å². The second kappa shape index (κ2) is 6.74. The van der Waals surface area contributed by atoms with E-state index in [4.69, 9.17) is 5.11 Å². The van der Waals surface area contributed by atoms with E-state index in [9.17, 15) is 14.3 Å². The Labute approximate surface area is 137 Å². The average molecular weight is 326 g/mol. The van der Waals surface area contributed by atoms with Gasteiger partial charge in [-0.1, -0.05) is 18.2 Å². The van der Waals surface area contributed by atoms with Crippen LogP contribution >= 0.6 is 0 Å². The van der Waals surface area contributed by atoms with E-state index < -0.39 is 12.7 Å². The van der Waals surface area contributed by atoms with E-state index in [2.05, 4.69) is 5.10 Å². The zero-order valence-corrected chi connectivity index (χ0v) is 12.6. The fraction of sp³-hybridized carbons (Fsp3) is 0.111. The predicted molar refractivity (Wildman–Crippen MR) is 85.4 cm³/mol. The monoisotopic (exact) mass is 326 g/mol. The second-order valence-electron chi connectivity index (χ2n) is 5.30. The molecule has 1 heterocycles. The number of rotatable bonds is 5. The van der Waals surface area contributed by atoms with Gasteiger partial charge >= 0.3 is 0 Å². The smallest absolute Gasteiger partial charge is 0.196 e. The molecule has 3 rings (SSSR count). The largest absolute Gasteiger partial charge is 0.393 e. The van der Waals surface area contributed by atoms with E-state index in [-0.39, 0.29) is 11.6 Å². The first kappa shape index (κ1) is 16.0. The van der Waals surface area contributed by atoms with Crippen molar-refractivity contribution in [2.75, 3.05) is 6.61 Å². The van der Waals surface area contributed by atoms with E-state index in [1.807, 2.05) is 0 Å². The molecule has 0 fully saturated rings. The molecule has 3 aromatic rings. The van der Waals surface area contributed by atoms with Crippen LogP contribution in [0.1, 0.15) is 27.6 Å². The lowest BCUT2D eigenvalue weighted by Crippen LogP contribution is -2.05. The number of carbonyl (C=O) groups is 1. The molecule has 0 bridgehead atoms. The predicted octanol–water partition coefficient (Wildman–Crippen LogP) is 2.27. The first-order chi connectivity index (χ1) is 11.6. The Bertz CT molecular complexity index is 859. The molecule has 2 N–H and O–H groups in total. The summed E-state index contributed by atoms with van der Waals surface area (Å²) in [6.07, 6.45) is 1.96. The van der Waals surface area contributed by atoms with Crippen LogP contribution in [-0.4, -0.2) is 32.4 Å². The van der Waals surface area contributed by atoms with Gasteiger partial charge in [-0.2, -0.15) is 5.10 Å². The molecular formula is C18H15FN2O3. The fourth-order valence-corrected chi connectivity index (χ4v) is 2.33. The van der Waals surface area contributed by atoms with Gasteiger partial charge in [0.1, 0.15) is 11.9 Å². The number of hydrogen-bond acceptors (Lipinski definition) is 4. The zero-order valence-electron chi connectivity index (χ0n) is 12.6. The number of hydrogen-bond donors (Lipinski definition) is 2. The lowest BCUT2D eigenvalue weighted by molar-refractivity contribution is 0.0952. The molecule has 0 radical (unpaired) electrons. The third-order valence-electron chi connectivity index (χ3n) is 3.64. The van der Waals surface area contributed by atoms with Crippen molar-refractivity contribution in [3.63, 3.8) is 0 Å². The van der Waals surface area contributed by atoms with Gasteiger partial charge in [0.25, 0.3) is 0 Å². The van der Waals surface area contributed by atoms with Gasteiger partial charge < -0.3 is 10.2 Å². The van der Waals surface area contributed by atoms with Gasteiger partial charge in [-0.15, -0.1) is 0 Å². The maximum Gasteiger partial charge on any atom is 0.196 e. The molecule has 1 unspecified atom stereocenters. The van der Waals surface area contributed by atoms with E-state index in [0.717, 1.165) is 0 Å². The standard InChI is InChI=1S/C18H15FN2O3/c19-15-4-6-16(7-5-15)21-10-14(9-20-21)18(24)13-3-1-2-12(8-13)17(23)11-22/h1-10,17,22-23H,11H2. The molecular weight excluding hydrogens is 311 g/mol. The van der Waals surface area contributed by atoms with Crippen molar-refractivity contribution in [1.29, 1.82) is 0 Å². The zero-order chi connectivity index (χ0) is 17.1. The first-order valence-corrected chi connectivity index (χ1v) is 7.32. The van der Waals surface area contributed by atoms with Crippen molar-refractivity contribution in [2.24, 2.45) is 0 Å². The number of ketones is 1. The van der Waals surface area contributed by atoms with Gasteiger partial charge in [0, 0.05) is 11.8 Å². The van der Waals surface area contributed by atoms with Crippen LogP contribution in [0, 0.1) is 5.82 Å². The summed E-state index contributed by atoms with van der Waals surface area (Å²) in [5, 5.41) is 22.8. The minimum absolute atomic E-state index is 0.254. The Morgan fingerprint density at radius 3 is 2.62 bits per heavy atom. The summed E-state index contributed by atoms with van der Waals surface area (Å²) in [7, 11) is 0. The Morgan fingerprint density at radius 1 is 1.17 bits per heavy atom. The molecule has 122 valence electrons. The summed E-state index contributed by atoms with van der Waals surface area (Å²) in [6, 6.07) is 12.2.